The molecule has 1 amide bonds. The molecule has 0 fully saturated rings. The Morgan fingerprint density at radius 3 is 2.83 bits per heavy atom. The van der Waals surface area contributed by atoms with E-state index in [-0.39, 0.29) is 5.91 Å². The van der Waals surface area contributed by atoms with Gasteiger partial charge in [-0.05, 0) is 48.1 Å². The zero-order valence-electron chi connectivity index (χ0n) is 12.8. The third kappa shape index (κ3) is 3.62. The van der Waals surface area contributed by atoms with Crippen LogP contribution in [-0.2, 0) is 12.8 Å². The van der Waals surface area contributed by atoms with Crippen LogP contribution in [0.4, 0.5) is 0 Å². The highest BCUT2D eigenvalue weighted by molar-refractivity contribution is 7.08. The van der Waals surface area contributed by atoms with E-state index in [1.807, 2.05) is 36.0 Å². The predicted octanol–water partition coefficient (Wildman–Crippen LogP) is 2.26. The average molecular weight is 327 g/mol. The minimum atomic E-state index is -0.0926. The summed E-state index contributed by atoms with van der Waals surface area (Å²) in [5.41, 5.74) is 2.95. The molecule has 23 heavy (non-hydrogen) atoms. The van der Waals surface area contributed by atoms with E-state index in [9.17, 15) is 4.79 Å². The number of nitrogens with one attached hydrogen (secondary N) is 1. The summed E-state index contributed by atoms with van der Waals surface area (Å²) in [6.45, 7) is 2.55. The largest absolute Gasteiger partial charge is 0.351 e. The molecule has 0 atom stereocenters. The molecule has 3 rings (SSSR count). The molecule has 2 heterocycles. The Kier molecular flexibility index (Phi) is 4.77. The number of rotatable bonds is 6. The minimum absolute atomic E-state index is 0.0926. The van der Waals surface area contributed by atoms with E-state index in [4.69, 9.17) is 0 Å². The number of hydrogen-bond acceptors (Lipinski definition) is 5. The van der Waals surface area contributed by atoms with Crippen molar-refractivity contribution >= 4 is 17.4 Å². The first kappa shape index (κ1) is 15.4. The molecule has 1 N–H and O–H groups in total. The molecule has 3 aromatic rings. The lowest BCUT2D eigenvalue weighted by atomic mass is 10.1. The van der Waals surface area contributed by atoms with Gasteiger partial charge in [-0.1, -0.05) is 23.5 Å². The Hall–Kier alpha value is -2.54. The van der Waals surface area contributed by atoms with Gasteiger partial charge in [0.25, 0.3) is 5.91 Å². The molecule has 7 heteroatoms. The van der Waals surface area contributed by atoms with E-state index >= 15 is 0 Å². The summed E-state index contributed by atoms with van der Waals surface area (Å²) >= 11 is 1.15. The molecule has 0 aliphatic rings. The second-order valence-corrected chi connectivity index (χ2v) is 5.78. The van der Waals surface area contributed by atoms with Crippen LogP contribution in [0.25, 0.3) is 5.69 Å². The second kappa shape index (κ2) is 7.15. The Morgan fingerprint density at radius 1 is 1.30 bits per heavy atom. The molecule has 0 unspecified atom stereocenters. The third-order valence-electron chi connectivity index (χ3n) is 3.50. The number of aryl methyl sites for hydroxylation is 1. The maximum Gasteiger partial charge on any atom is 0.264 e. The van der Waals surface area contributed by atoms with Gasteiger partial charge in [-0.15, -0.1) is 5.10 Å². The van der Waals surface area contributed by atoms with Crippen molar-refractivity contribution in [3.05, 3.63) is 58.9 Å². The summed E-state index contributed by atoms with van der Waals surface area (Å²) in [5, 5.41) is 11.1. The van der Waals surface area contributed by atoms with Crippen molar-refractivity contribution in [1.82, 2.24) is 24.7 Å². The molecular weight excluding hydrogens is 310 g/mol. The van der Waals surface area contributed by atoms with Crippen LogP contribution in [0.3, 0.4) is 0 Å². The van der Waals surface area contributed by atoms with Crippen LogP contribution in [0.5, 0.6) is 0 Å². The first-order valence-electron chi connectivity index (χ1n) is 7.46. The fourth-order valence-corrected chi connectivity index (χ4v) is 2.92. The number of benzene rings is 1. The molecule has 0 aliphatic carbocycles. The molecular formula is C16H17N5OS. The maximum atomic E-state index is 12.1. The summed E-state index contributed by atoms with van der Waals surface area (Å²) in [4.78, 5) is 12.7. The summed E-state index contributed by atoms with van der Waals surface area (Å²) in [5.74, 6) is -0.0926. The number of carbonyl (C=O) groups excluding carboxylic acids is 1. The summed E-state index contributed by atoms with van der Waals surface area (Å²) in [7, 11) is 0. The Labute approximate surface area is 138 Å². The van der Waals surface area contributed by atoms with Gasteiger partial charge >= 0.3 is 0 Å². The fraction of sp³-hybridized carbons (Fsp3) is 0.250. The van der Waals surface area contributed by atoms with Gasteiger partial charge < -0.3 is 5.32 Å². The van der Waals surface area contributed by atoms with Crippen LogP contribution < -0.4 is 5.32 Å². The number of nitrogens with zero attached hydrogens (tertiary/aromatic N) is 4. The number of carbonyl (C=O) groups is 1. The van der Waals surface area contributed by atoms with E-state index in [1.165, 1.54) is 5.56 Å². The van der Waals surface area contributed by atoms with E-state index in [0.717, 1.165) is 29.3 Å². The Morgan fingerprint density at radius 2 is 2.13 bits per heavy atom. The highest BCUT2D eigenvalue weighted by Gasteiger charge is 2.14. The lowest BCUT2D eigenvalue weighted by molar-refractivity contribution is 0.0957. The van der Waals surface area contributed by atoms with Crippen molar-refractivity contribution in [2.75, 3.05) is 6.54 Å². The quantitative estimate of drug-likeness (QED) is 0.754. The van der Waals surface area contributed by atoms with Gasteiger partial charge in [0.2, 0.25) is 0 Å². The van der Waals surface area contributed by atoms with Gasteiger partial charge in [0, 0.05) is 18.9 Å². The normalized spacial score (nSPS) is 10.7. The molecule has 2 aromatic heterocycles. The lowest BCUT2D eigenvalue weighted by Crippen LogP contribution is -2.25. The van der Waals surface area contributed by atoms with Crippen LogP contribution in [0.2, 0.25) is 0 Å². The zero-order chi connectivity index (χ0) is 16.1. The molecule has 0 saturated carbocycles. The van der Waals surface area contributed by atoms with Crippen molar-refractivity contribution in [2.45, 2.75) is 19.8 Å². The number of hydrogen-bond donors (Lipinski definition) is 1. The standard InChI is InChI=1S/C16H17N5OS/c1-2-14-15(23-20-19-14)16(22)17-10-8-12-4-6-13(7-5-12)21-11-3-9-18-21/h3-7,9,11H,2,8,10H2,1H3,(H,17,22). The maximum absolute atomic E-state index is 12.1. The van der Waals surface area contributed by atoms with Crippen LogP contribution in [0.15, 0.2) is 42.7 Å². The van der Waals surface area contributed by atoms with Crippen molar-refractivity contribution in [1.29, 1.82) is 0 Å². The average Bonchev–Trinajstić information content (AvgIpc) is 3.26. The molecule has 1 aromatic carbocycles. The highest BCUT2D eigenvalue weighted by Crippen LogP contribution is 2.11. The van der Waals surface area contributed by atoms with Crippen molar-refractivity contribution in [3.63, 3.8) is 0 Å². The number of amides is 1. The van der Waals surface area contributed by atoms with Gasteiger partial charge in [-0.25, -0.2) is 4.68 Å². The molecule has 0 bridgehead atoms. The van der Waals surface area contributed by atoms with Gasteiger partial charge in [0.15, 0.2) is 0 Å². The monoisotopic (exact) mass is 327 g/mol. The summed E-state index contributed by atoms with van der Waals surface area (Å²) in [6, 6.07) is 10.0. The lowest BCUT2D eigenvalue weighted by Gasteiger charge is -2.06. The second-order valence-electron chi connectivity index (χ2n) is 5.03. The molecule has 6 nitrogen and oxygen atoms in total. The van der Waals surface area contributed by atoms with E-state index in [1.54, 1.807) is 6.20 Å². The highest BCUT2D eigenvalue weighted by atomic mass is 32.1. The molecule has 0 radical (unpaired) electrons. The van der Waals surface area contributed by atoms with Crippen LogP contribution >= 0.6 is 11.5 Å². The number of aromatic nitrogens is 4. The van der Waals surface area contributed by atoms with Gasteiger partial charge in [-0.2, -0.15) is 5.10 Å². The molecule has 0 aliphatic heterocycles. The predicted molar refractivity (Wildman–Crippen MR) is 88.9 cm³/mol. The molecule has 118 valence electrons. The van der Waals surface area contributed by atoms with Crippen LogP contribution in [0.1, 0.15) is 27.9 Å². The van der Waals surface area contributed by atoms with Crippen molar-refractivity contribution in [3.8, 4) is 5.69 Å². The Bertz CT molecular complexity index is 764. The first-order valence-corrected chi connectivity index (χ1v) is 8.23. The first-order chi connectivity index (χ1) is 11.3. The molecule has 0 spiro atoms. The smallest absolute Gasteiger partial charge is 0.264 e. The minimum Gasteiger partial charge on any atom is -0.351 e. The Balaban J connectivity index is 1.54. The van der Waals surface area contributed by atoms with Crippen molar-refractivity contribution < 1.29 is 4.79 Å². The van der Waals surface area contributed by atoms with E-state index in [0.29, 0.717) is 17.8 Å². The zero-order valence-corrected chi connectivity index (χ0v) is 13.6. The van der Waals surface area contributed by atoms with Crippen LogP contribution in [0, 0.1) is 0 Å². The van der Waals surface area contributed by atoms with E-state index < -0.39 is 0 Å². The van der Waals surface area contributed by atoms with Crippen molar-refractivity contribution in [2.24, 2.45) is 0 Å². The topological polar surface area (TPSA) is 72.7 Å². The SMILES string of the molecule is CCc1nnsc1C(=O)NCCc1ccc(-n2cccn2)cc1. The van der Waals surface area contributed by atoms with Gasteiger partial charge in [0.05, 0.1) is 11.4 Å². The van der Waals surface area contributed by atoms with Crippen LogP contribution in [-0.4, -0.2) is 31.8 Å². The molecule has 0 saturated heterocycles. The van der Waals surface area contributed by atoms with Gasteiger partial charge in [0.1, 0.15) is 4.88 Å². The summed E-state index contributed by atoms with van der Waals surface area (Å²) < 4.78 is 5.65. The fourth-order valence-electron chi connectivity index (χ4n) is 2.25. The summed E-state index contributed by atoms with van der Waals surface area (Å²) in [6.07, 6.45) is 5.15. The third-order valence-corrected chi connectivity index (χ3v) is 4.27. The van der Waals surface area contributed by atoms with Gasteiger partial charge in [-0.3, -0.25) is 4.79 Å². The van der Waals surface area contributed by atoms with E-state index in [2.05, 4.69) is 32.1 Å².